The van der Waals surface area contributed by atoms with Crippen molar-refractivity contribution in [2.45, 2.75) is 25.9 Å². The summed E-state index contributed by atoms with van der Waals surface area (Å²) in [7, 11) is 0. The van der Waals surface area contributed by atoms with E-state index >= 15 is 0 Å². The van der Waals surface area contributed by atoms with Crippen LogP contribution in [0.1, 0.15) is 23.4 Å². The number of aliphatic carboxylic acids is 1. The molecule has 0 aliphatic carbocycles. The summed E-state index contributed by atoms with van der Waals surface area (Å²) in [5.41, 5.74) is 0.911. The molecule has 0 spiro atoms. The van der Waals surface area contributed by atoms with Crippen LogP contribution in [0, 0.1) is 0 Å². The van der Waals surface area contributed by atoms with Gasteiger partial charge < -0.3 is 14.6 Å². The molecule has 0 bridgehead atoms. The predicted octanol–water partition coefficient (Wildman–Crippen LogP) is 2.15. The lowest BCUT2D eigenvalue weighted by atomic mass is 10.0. The lowest BCUT2D eigenvalue weighted by molar-refractivity contribution is -0.138. The van der Waals surface area contributed by atoms with Gasteiger partial charge in [-0.3, -0.25) is 0 Å². The topological polar surface area (TPSA) is 58.4 Å². The molecule has 2 aromatic heterocycles. The standard InChI is InChI=1S/C13H15N3O2S/c1-2-15-7-5-14-13(15)16-6-3-10-9(4-8-19-10)11(16)12(17)18/h4-5,7-8,11H,2-3,6H2,1H3,(H,17,18). The second-order valence-electron chi connectivity index (χ2n) is 4.50. The fraction of sp³-hybridized carbons (Fsp3) is 0.385. The second kappa shape index (κ2) is 4.70. The molecule has 5 nitrogen and oxygen atoms in total. The molecule has 1 aliphatic heterocycles. The van der Waals surface area contributed by atoms with Gasteiger partial charge in [-0.05, 0) is 30.4 Å². The lowest BCUT2D eigenvalue weighted by Crippen LogP contribution is -2.40. The number of rotatable bonds is 3. The van der Waals surface area contributed by atoms with E-state index in [1.807, 2.05) is 34.0 Å². The predicted molar refractivity (Wildman–Crippen MR) is 73.6 cm³/mol. The van der Waals surface area contributed by atoms with Crippen molar-refractivity contribution in [1.29, 1.82) is 0 Å². The molecule has 0 radical (unpaired) electrons. The number of imidazole rings is 1. The first-order valence-electron chi connectivity index (χ1n) is 6.29. The Morgan fingerprint density at radius 1 is 1.63 bits per heavy atom. The van der Waals surface area contributed by atoms with E-state index in [0.717, 1.165) is 24.5 Å². The van der Waals surface area contributed by atoms with Crippen LogP contribution in [0.5, 0.6) is 0 Å². The maximum Gasteiger partial charge on any atom is 0.331 e. The number of hydrogen-bond donors (Lipinski definition) is 1. The fourth-order valence-electron chi connectivity index (χ4n) is 2.61. The van der Waals surface area contributed by atoms with E-state index in [-0.39, 0.29) is 0 Å². The van der Waals surface area contributed by atoms with Crippen LogP contribution in [-0.2, 0) is 17.8 Å². The quantitative estimate of drug-likeness (QED) is 0.934. The highest BCUT2D eigenvalue weighted by molar-refractivity contribution is 7.10. The summed E-state index contributed by atoms with van der Waals surface area (Å²) in [6, 6.07) is 1.30. The Hall–Kier alpha value is -1.82. The summed E-state index contributed by atoms with van der Waals surface area (Å²) in [5, 5.41) is 11.5. The summed E-state index contributed by atoms with van der Waals surface area (Å²) < 4.78 is 1.98. The number of aryl methyl sites for hydroxylation is 1. The van der Waals surface area contributed by atoms with Crippen LogP contribution in [0.4, 0.5) is 5.95 Å². The molecule has 100 valence electrons. The molecule has 0 saturated heterocycles. The highest BCUT2D eigenvalue weighted by atomic mass is 32.1. The third kappa shape index (κ3) is 1.92. The van der Waals surface area contributed by atoms with Gasteiger partial charge in [0, 0.05) is 30.4 Å². The number of thiophene rings is 1. The number of anilines is 1. The first kappa shape index (κ1) is 12.2. The minimum absolute atomic E-state index is 0.623. The molecule has 3 heterocycles. The zero-order chi connectivity index (χ0) is 13.4. The molecule has 0 fully saturated rings. The molecule has 2 aromatic rings. The Morgan fingerprint density at radius 2 is 2.47 bits per heavy atom. The maximum atomic E-state index is 11.6. The molecule has 6 heteroatoms. The third-order valence-corrected chi connectivity index (χ3v) is 4.49. The van der Waals surface area contributed by atoms with Crippen molar-refractivity contribution in [1.82, 2.24) is 9.55 Å². The molecule has 19 heavy (non-hydrogen) atoms. The monoisotopic (exact) mass is 277 g/mol. The smallest absolute Gasteiger partial charge is 0.331 e. The summed E-state index contributed by atoms with van der Waals surface area (Å²) in [6.07, 6.45) is 4.49. The van der Waals surface area contributed by atoms with Crippen LogP contribution in [0.25, 0.3) is 0 Å². The fourth-order valence-corrected chi connectivity index (χ4v) is 3.51. The number of hydrogen-bond acceptors (Lipinski definition) is 4. The maximum absolute atomic E-state index is 11.6. The van der Waals surface area contributed by atoms with Crippen molar-refractivity contribution in [3.63, 3.8) is 0 Å². The average molecular weight is 277 g/mol. The van der Waals surface area contributed by atoms with Gasteiger partial charge in [0.15, 0.2) is 6.04 Å². The van der Waals surface area contributed by atoms with Crippen LogP contribution in [0.2, 0.25) is 0 Å². The second-order valence-corrected chi connectivity index (χ2v) is 5.50. The summed E-state index contributed by atoms with van der Waals surface area (Å²) in [4.78, 5) is 19.0. The van der Waals surface area contributed by atoms with E-state index in [2.05, 4.69) is 4.98 Å². The molecular weight excluding hydrogens is 262 g/mol. The van der Waals surface area contributed by atoms with Gasteiger partial charge in [-0.2, -0.15) is 0 Å². The summed E-state index contributed by atoms with van der Waals surface area (Å²) in [5.74, 6) is -0.0725. The van der Waals surface area contributed by atoms with Gasteiger partial charge in [0.2, 0.25) is 5.95 Å². The molecule has 0 saturated carbocycles. The Morgan fingerprint density at radius 3 is 3.21 bits per heavy atom. The van der Waals surface area contributed by atoms with E-state index in [9.17, 15) is 9.90 Å². The molecule has 1 aliphatic rings. The van der Waals surface area contributed by atoms with Crippen molar-refractivity contribution in [3.8, 4) is 0 Å². The number of aromatic nitrogens is 2. The first-order chi connectivity index (χ1) is 9.22. The Bertz CT molecular complexity index is 605. The minimum Gasteiger partial charge on any atom is -0.479 e. The third-order valence-electron chi connectivity index (χ3n) is 3.49. The van der Waals surface area contributed by atoms with E-state index < -0.39 is 12.0 Å². The zero-order valence-electron chi connectivity index (χ0n) is 10.6. The van der Waals surface area contributed by atoms with E-state index in [1.165, 1.54) is 4.88 Å². The van der Waals surface area contributed by atoms with Crippen molar-refractivity contribution >= 4 is 23.3 Å². The van der Waals surface area contributed by atoms with Crippen molar-refractivity contribution < 1.29 is 9.90 Å². The average Bonchev–Trinajstić information content (AvgIpc) is 3.05. The number of carboxylic acids is 1. The van der Waals surface area contributed by atoms with Crippen molar-refractivity contribution in [2.24, 2.45) is 0 Å². The number of nitrogens with zero attached hydrogens (tertiary/aromatic N) is 3. The van der Waals surface area contributed by atoms with E-state index in [1.54, 1.807) is 17.5 Å². The van der Waals surface area contributed by atoms with Crippen LogP contribution in [-0.4, -0.2) is 27.2 Å². The van der Waals surface area contributed by atoms with E-state index in [4.69, 9.17) is 0 Å². The van der Waals surface area contributed by atoms with Gasteiger partial charge in [-0.25, -0.2) is 9.78 Å². The van der Waals surface area contributed by atoms with Crippen LogP contribution in [0.3, 0.4) is 0 Å². The molecule has 1 N–H and O–H groups in total. The highest BCUT2D eigenvalue weighted by Gasteiger charge is 2.35. The van der Waals surface area contributed by atoms with Gasteiger partial charge in [0.05, 0.1) is 0 Å². The minimum atomic E-state index is -0.815. The number of carbonyl (C=O) groups is 1. The van der Waals surface area contributed by atoms with Gasteiger partial charge >= 0.3 is 5.97 Å². The Kier molecular flexibility index (Phi) is 3.02. The molecule has 0 aromatic carbocycles. The van der Waals surface area contributed by atoms with Crippen LogP contribution in [0.15, 0.2) is 23.8 Å². The molecule has 0 amide bonds. The molecule has 1 unspecified atom stereocenters. The molecular formula is C13H15N3O2S. The Balaban J connectivity index is 2.05. The van der Waals surface area contributed by atoms with Crippen LogP contribution >= 0.6 is 11.3 Å². The SMILES string of the molecule is CCn1ccnc1N1CCc2sccc2C1C(=O)O. The van der Waals surface area contributed by atoms with Crippen molar-refractivity contribution in [3.05, 3.63) is 34.3 Å². The largest absolute Gasteiger partial charge is 0.479 e. The van der Waals surface area contributed by atoms with Crippen molar-refractivity contribution in [2.75, 3.05) is 11.4 Å². The number of carboxylic acid groups (broad SMARTS) is 1. The number of fused-ring (bicyclic) bond motifs is 1. The molecule has 1 atom stereocenters. The van der Waals surface area contributed by atoms with Gasteiger partial charge in [0.25, 0.3) is 0 Å². The lowest BCUT2D eigenvalue weighted by Gasteiger charge is -2.34. The van der Waals surface area contributed by atoms with Gasteiger partial charge in [0.1, 0.15) is 0 Å². The summed E-state index contributed by atoms with van der Waals surface area (Å²) >= 11 is 1.64. The van der Waals surface area contributed by atoms with Crippen LogP contribution < -0.4 is 4.90 Å². The van der Waals surface area contributed by atoms with Gasteiger partial charge in [-0.1, -0.05) is 0 Å². The van der Waals surface area contributed by atoms with Gasteiger partial charge in [-0.15, -0.1) is 11.3 Å². The normalized spacial score (nSPS) is 18.4. The Labute approximate surface area is 115 Å². The summed E-state index contributed by atoms with van der Waals surface area (Å²) in [6.45, 7) is 3.51. The molecule has 3 rings (SSSR count). The zero-order valence-corrected chi connectivity index (χ0v) is 11.4. The highest BCUT2D eigenvalue weighted by Crippen LogP contribution is 2.35. The first-order valence-corrected chi connectivity index (χ1v) is 7.17. The van der Waals surface area contributed by atoms with E-state index in [0.29, 0.717) is 6.54 Å².